The number of hydrogen-bond donors (Lipinski definition) is 2. The van der Waals surface area contributed by atoms with E-state index >= 15 is 0 Å². The van der Waals surface area contributed by atoms with Crippen LogP contribution in [0.2, 0.25) is 0 Å². The fraction of sp³-hybridized carbons (Fsp3) is 0.500. The van der Waals surface area contributed by atoms with Crippen molar-refractivity contribution in [1.29, 1.82) is 0 Å². The van der Waals surface area contributed by atoms with Crippen LogP contribution >= 0.6 is 0 Å². The van der Waals surface area contributed by atoms with Gasteiger partial charge in [0.25, 0.3) is 0 Å². The van der Waals surface area contributed by atoms with Gasteiger partial charge >= 0.3 is 0 Å². The van der Waals surface area contributed by atoms with E-state index < -0.39 is 11.6 Å². The van der Waals surface area contributed by atoms with E-state index in [9.17, 15) is 9.59 Å². The molecule has 20 heavy (non-hydrogen) atoms. The van der Waals surface area contributed by atoms with Crippen LogP contribution in [0, 0.1) is 0 Å². The molecule has 2 amide bonds. The first kappa shape index (κ1) is 13.2. The van der Waals surface area contributed by atoms with Gasteiger partial charge in [-0.1, -0.05) is 49.6 Å². The maximum atomic E-state index is 12.4. The molecule has 1 aliphatic carbocycles. The molecule has 2 aliphatic rings. The lowest BCUT2D eigenvalue weighted by molar-refractivity contribution is -0.143. The van der Waals surface area contributed by atoms with Crippen LogP contribution in [0.5, 0.6) is 0 Å². The molecule has 0 bridgehead atoms. The Morgan fingerprint density at radius 1 is 1.05 bits per heavy atom. The summed E-state index contributed by atoms with van der Waals surface area (Å²) in [5.74, 6) is -0.0481. The van der Waals surface area contributed by atoms with Gasteiger partial charge in [0.15, 0.2) is 0 Å². The lowest BCUT2D eigenvalue weighted by Gasteiger charge is -2.42. The highest BCUT2D eigenvalue weighted by Crippen LogP contribution is 2.30. The SMILES string of the molecule is O=C1NC2(CCCCC2)C(=O)N[C@@H]1Cc1ccccc1. The second-order valence-corrected chi connectivity index (χ2v) is 5.85. The quantitative estimate of drug-likeness (QED) is 0.858. The van der Waals surface area contributed by atoms with Crippen molar-refractivity contribution in [2.75, 3.05) is 0 Å². The summed E-state index contributed by atoms with van der Waals surface area (Å²) in [7, 11) is 0. The molecule has 2 fully saturated rings. The van der Waals surface area contributed by atoms with E-state index in [1.165, 1.54) is 0 Å². The number of hydrogen-bond acceptors (Lipinski definition) is 2. The minimum Gasteiger partial charge on any atom is -0.342 e. The molecule has 1 aromatic rings. The Bertz CT molecular complexity index is 506. The second-order valence-electron chi connectivity index (χ2n) is 5.85. The molecular formula is C16H20N2O2. The standard InChI is InChI=1S/C16H20N2O2/c19-14-13(11-12-7-3-1-4-8-12)17-15(20)16(18-14)9-5-2-6-10-16/h1,3-4,7-8,13H,2,5-6,9-11H2,(H,17,20)(H,18,19)/t13-/m1/s1. The predicted octanol–water partition coefficient (Wildman–Crippen LogP) is 1.55. The van der Waals surface area contributed by atoms with Crippen molar-refractivity contribution in [2.45, 2.75) is 50.1 Å². The number of benzene rings is 1. The molecule has 4 nitrogen and oxygen atoms in total. The fourth-order valence-electron chi connectivity index (χ4n) is 3.24. The monoisotopic (exact) mass is 272 g/mol. The Kier molecular flexibility index (Phi) is 3.47. The Balaban J connectivity index is 1.71. The molecule has 1 heterocycles. The summed E-state index contributed by atoms with van der Waals surface area (Å²) >= 11 is 0. The number of rotatable bonds is 2. The molecule has 1 atom stereocenters. The van der Waals surface area contributed by atoms with Crippen molar-refractivity contribution >= 4 is 11.8 Å². The molecule has 1 aromatic carbocycles. The van der Waals surface area contributed by atoms with Gasteiger partial charge in [0, 0.05) is 6.42 Å². The Morgan fingerprint density at radius 2 is 1.75 bits per heavy atom. The smallest absolute Gasteiger partial charge is 0.246 e. The van der Waals surface area contributed by atoms with E-state index in [-0.39, 0.29) is 11.8 Å². The zero-order valence-corrected chi connectivity index (χ0v) is 11.5. The largest absolute Gasteiger partial charge is 0.342 e. The van der Waals surface area contributed by atoms with Crippen LogP contribution in [-0.2, 0) is 16.0 Å². The highest BCUT2D eigenvalue weighted by molar-refractivity contribution is 6.00. The summed E-state index contributed by atoms with van der Waals surface area (Å²) in [4.78, 5) is 24.7. The topological polar surface area (TPSA) is 58.2 Å². The number of piperazine rings is 1. The highest BCUT2D eigenvalue weighted by Gasteiger charge is 2.46. The zero-order valence-electron chi connectivity index (χ0n) is 11.5. The molecule has 4 heteroatoms. The first-order valence-corrected chi connectivity index (χ1v) is 7.37. The van der Waals surface area contributed by atoms with Crippen molar-refractivity contribution in [3.05, 3.63) is 35.9 Å². The summed E-state index contributed by atoms with van der Waals surface area (Å²) < 4.78 is 0. The molecule has 0 radical (unpaired) electrons. The van der Waals surface area contributed by atoms with Crippen molar-refractivity contribution in [3.8, 4) is 0 Å². The Hall–Kier alpha value is -1.84. The number of carbonyl (C=O) groups excluding carboxylic acids is 2. The van der Waals surface area contributed by atoms with Crippen molar-refractivity contribution in [1.82, 2.24) is 10.6 Å². The summed E-state index contributed by atoms with van der Waals surface area (Å²) in [6.45, 7) is 0. The molecule has 3 rings (SSSR count). The van der Waals surface area contributed by atoms with Gasteiger partial charge in [-0.15, -0.1) is 0 Å². The number of carbonyl (C=O) groups is 2. The van der Waals surface area contributed by atoms with Crippen LogP contribution in [-0.4, -0.2) is 23.4 Å². The maximum Gasteiger partial charge on any atom is 0.246 e. The summed E-state index contributed by atoms with van der Waals surface area (Å²) in [5.41, 5.74) is 0.426. The number of amides is 2. The zero-order chi connectivity index (χ0) is 14.0. The minimum absolute atomic E-state index is 0.00210. The van der Waals surface area contributed by atoms with Crippen molar-refractivity contribution in [3.63, 3.8) is 0 Å². The van der Waals surface area contributed by atoms with Crippen LogP contribution in [0.15, 0.2) is 30.3 Å². The molecule has 0 unspecified atom stereocenters. The summed E-state index contributed by atoms with van der Waals surface area (Å²) in [6.07, 6.45) is 5.26. The second kappa shape index (κ2) is 5.27. The van der Waals surface area contributed by atoms with Crippen molar-refractivity contribution in [2.24, 2.45) is 0 Å². The van der Waals surface area contributed by atoms with E-state index in [2.05, 4.69) is 10.6 Å². The predicted molar refractivity (Wildman–Crippen MR) is 76.0 cm³/mol. The average molecular weight is 272 g/mol. The van der Waals surface area contributed by atoms with Gasteiger partial charge in [-0.3, -0.25) is 9.59 Å². The molecule has 106 valence electrons. The first-order chi connectivity index (χ1) is 9.70. The van der Waals surface area contributed by atoms with Gasteiger partial charge in [0.1, 0.15) is 11.6 Å². The van der Waals surface area contributed by atoms with Gasteiger partial charge in [-0.05, 0) is 18.4 Å². The molecule has 1 saturated heterocycles. The van der Waals surface area contributed by atoms with Gasteiger partial charge < -0.3 is 10.6 Å². The van der Waals surface area contributed by atoms with Gasteiger partial charge in [-0.25, -0.2) is 0 Å². The third-order valence-electron chi connectivity index (χ3n) is 4.41. The van der Waals surface area contributed by atoms with E-state index in [4.69, 9.17) is 0 Å². The van der Waals surface area contributed by atoms with Crippen LogP contribution in [0.3, 0.4) is 0 Å². The highest BCUT2D eigenvalue weighted by atomic mass is 16.2. The lowest BCUT2D eigenvalue weighted by Crippen LogP contribution is -2.70. The molecule has 0 aromatic heterocycles. The maximum absolute atomic E-state index is 12.4. The molecule has 1 aliphatic heterocycles. The third-order valence-corrected chi connectivity index (χ3v) is 4.41. The van der Waals surface area contributed by atoms with Crippen molar-refractivity contribution < 1.29 is 9.59 Å². The summed E-state index contributed by atoms with van der Waals surface area (Å²) in [5, 5.41) is 5.93. The van der Waals surface area contributed by atoms with Crippen LogP contribution in [0.4, 0.5) is 0 Å². The third kappa shape index (κ3) is 2.42. The lowest BCUT2D eigenvalue weighted by atomic mass is 9.79. The van der Waals surface area contributed by atoms with Gasteiger partial charge in [0.2, 0.25) is 11.8 Å². The van der Waals surface area contributed by atoms with E-state index in [0.29, 0.717) is 6.42 Å². The Morgan fingerprint density at radius 3 is 2.45 bits per heavy atom. The van der Waals surface area contributed by atoms with Crippen LogP contribution < -0.4 is 10.6 Å². The summed E-state index contributed by atoms with van der Waals surface area (Å²) in [6, 6.07) is 9.34. The molecule has 1 saturated carbocycles. The molecule has 2 N–H and O–H groups in total. The van der Waals surface area contributed by atoms with Crippen LogP contribution in [0.1, 0.15) is 37.7 Å². The minimum atomic E-state index is -0.636. The molecular weight excluding hydrogens is 252 g/mol. The Labute approximate surface area is 118 Å². The normalized spacial score (nSPS) is 25.1. The van der Waals surface area contributed by atoms with Crippen LogP contribution in [0.25, 0.3) is 0 Å². The van der Waals surface area contributed by atoms with Gasteiger partial charge in [-0.2, -0.15) is 0 Å². The molecule has 1 spiro atoms. The average Bonchev–Trinajstić information content (AvgIpc) is 2.47. The fourth-order valence-corrected chi connectivity index (χ4v) is 3.24. The van der Waals surface area contributed by atoms with Gasteiger partial charge in [0.05, 0.1) is 0 Å². The first-order valence-electron chi connectivity index (χ1n) is 7.37. The van der Waals surface area contributed by atoms with E-state index in [1.54, 1.807) is 0 Å². The van der Waals surface area contributed by atoms with E-state index in [0.717, 1.165) is 37.7 Å². The number of nitrogens with one attached hydrogen (secondary N) is 2. The van der Waals surface area contributed by atoms with E-state index in [1.807, 2.05) is 30.3 Å².